The smallest absolute Gasteiger partial charge is 0.269 e. The Balaban J connectivity index is 1.96. The van der Waals surface area contributed by atoms with Gasteiger partial charge in [-0.15, -0.1) is 0 Å². The molecule has 20 heavy (non-hydrogen) atoms. The average Bonchev–Trinajstić information content (AvgIpc) is 3.03. The maximum Gasteiger partial charge on any atom is 0.269 e. The van der Waals surface area contributed by atoms with Gasteiger partial charge in [0.05, 0.1) is 12.9 Å². The highest BCUT2D eigenvalue weighted by Crippen LogP contribution is 2.41. The monoisotopic (exact) mass is 285 g/mol. The Morgan fingerprint density at radius 2 is 2.30 bits per heavy atom. The summed E-state index contributed by atoms with van der Waals surface area (Å²) in [4.78, 5) is 11.9. The third-order valence-corrected chi connectivity index (χ3v) is 3.55. The number of nitrogens with two attached hydrogens (primary N) is 1. The van der Waals surface area contributed by atoms with E-state index < -0.39 is 24.9 Å². The van der Waals surface area contributed by atoms with E-state index in [1.54, 1.807) is 0 Å². The summed E-state index contributed by atoms with van der Waals surface area (Å²) in [6.45, 7) is -0.731. The highest BCUT2D eigenvalue weighted by atomic mass is 19.3. The van der Waals surface area contributed by atoms with Crippen LogP contribution in [0.2, 0.25) is 0 Å². The van der Waals surface area contributed by atoms with Crippen LogP contribution in [0.5, 0.6) is 0 Å². The number of aliphatic hydroxyl groups excluding tert-OH is 1. The van der Waals surface area contributed by atoms with Crippen LogP contribution in [0.15, 0.2) is 12.7 Å². The summed E-state index contributed by atoms with van der Waals surface area (Å²) in [5, 5.41) is 9.18. The molecule has 2 unspecified atom stereocenters. The van der Waals surface area contributed by atoms with E-state index in [0.717, 1.165) is 0 Å². The largest absolute Gasteiger partial charge is 0.393 e. The second-order valence-electron chi connectivity index (χ2n) is 4.72. The lowest BCUT2D eigenvalue weighted by Crippen LogP contribution is -2.41. The van der Waals surface area contributed by atoms with Gasteiger partial charge in [-0.2, -0.15) is 0 Å². The molecule has 3 rings (SSSR count). The summed E-state index contributed by atoms with van der Waals surface area (Å²) in [5.41, 5.74) is 4.67. The fraction of sp³-hybridized carbons (Fsp3) is 0.545. The number of imidazole rings is 1. The van der Waals surface area contributed by atoms with Gasteiger partial charge in [0.2, 0.25) is 0 Å². The molecule has 0 bridgehead atoms. The molecular weight excluding hydrogens is 272 g/mol. The Kier molecular flexibility index (Phi) is 3.02. The van der Waals surface area contributed by atoms with E-state index in [1.165, 1.54) is 17.2 Å². The van der Waals surface area contributed by atoms with Gasteiger partial charge in [-0.3, -0.25) is 4.57 Å². The quantitative estimate of drug-likeness (QED) is 0.861. The predicted molar refractivity (Wildman–Crippen MR) is 64.9 cm³/mol. The number of hydrogen-bond acceptors (Lipinski definition) is 6. The van der Waals surface area contributed by atoms with Gasteiger partial charge in [0, 0.05) is 0 Å². The first-order valence-electron chi connectivity index (χ1n) is 6.07. The fourth-order valence-electron chi connectivity index (χ4n) is 2.38. The number of hydrogen-bond donors (Lipinski definition) is 2. The highest BCUT2D eigenvalue weighted by Gasteiger charge is 2.48. The number of ether oxygens (including phenoxy) is 1. The number of nitrogens with zero attached hydrogens (tertiary/aromatic N) is 4. The van der Waals surface area contributed by atoms with Crippen LogP contribution in [-0.2, 0) is 4.74 Å². The zero-order valence-electron chi connectivity index (χ0n) is 10.4. The van der Waals surface area contributed by atoms with Crippen LogP contribution in [0.1, 0.15) is 19.1 Å². The normalized spacial score (nSPS) is 26.7. The Bertz CT molecular complexity index is 634. The molecule has 108 valence electrons. The molecule has 1 aliphatic heterocycles. The van der Waals surface area contributed by atoms with Crippen LogP contribution in [0.4, 0.5) is 14.6 Å². The molecular formula is C11H13F2N5O2. The van der Waals surface area contributed by atoms with Gasteiger partial charge in [0.25, 0.3) is 6.43 Å². The Morgan fingerprint density at radius 1 is 1.50 bits per heavy atom. The van der Waals surface area contributed by atoms with E-state index in [1.807, 2.05) is 0 Å². The lowest BCUT2D eigenvalue weighted by molar-refractivity contribution is -0.168. The molecule has 9 heteroatoms. The molecule has 1 fully saturated rings. The number of fused-ring (bicyclic) bond motifs is 1. The first kappa shape index (κ1) is 13.1. The number of nitrogen functional groups attached to an aromatic ring is 1. The van der Waals surface area contributed by atoms with Gasteiger partial charge in [0.15, 0.2) is 17.1 Å². The maximum absolute atomic E-state index is 13.0. The Morgan fingerprint density at radius 3 is 2.95 bits per heavy atom. The second kappa shape index (κ2) is 4.60. The Hall–Kier alpha value is -1.87. The van der Waals surface area contributed by atoms with Gasteiger partial charge in [0.1, 0.15) is 18.1 Å². The Labute approximate surface area is 112 Å². The van der Waals surface area contributed by atoms with Gasteiger partial charge in [-0.1, -0.05) is 0 Å². The van der Waals surface area contributed by atoms with Crippen LogP contribution >= 0.6 is 0 Å². The van der Waals surface area contributed by atoms with Crippen molar-refractivity contribution in [2.75, 3.05) is 12.3 Å². The molecule has 3 N–H and O–H groups in total. The van der Waals surface area contributed by atoms with Crippen molar-refractivity contribution in [3.05, 3.63) is 12.7 Å². The third kappa shape index (κ3) is 1.81. The predicted octanol–water partition coefficient (Wildman–Crippen LogP) is 0.714. The molecule has 0 aromatic carbocycles. The number of anilines is 1. The van der Waals surface area contributed by atoms with Gasteiger partial charge >= 0.3 is 0 Å². The minimum Gasteiger partial charge on any atom is -0.393 e. The average molecular weight is 285 g/mol. The summed E-state index contributed by atoms with van der Waals surface area (Å²) in [7, 11) is 0. The van der Waals surface area contributed by atoms with E-state index in [0.29, 0.717) is 17.6 Å². The minimum absolute atomic E-state index is 0.0616. The van der Waals surface area contributed by atoms with Crippen molar-refractivity contribution < 1.29 is 18.6 Å². The SMILES string of the molecule is Nc1ncnc2c1ncn2C1CCC(CO)(C(F)F)O1. The molecule has 7 nitrogen and oxygen atoms in total. The van der Waals surface area contributed by atoms with Crippen molar-refractivity contribution in [3.63, 3.8) is 0 Å². The molecule has 1 saturated heterocycles. The molecule has 1 aliphatic rings. The van der Waals surface area contributed by atoms with Crippen molar-refractivity contribution in [2.24, 2.45) is 0 Å². The topological polar surface area (TPSA) is 99.1 Å². The number of aliphatic hydroxyl groups is 1. The summed E-state index contributed by atoms with van der Waals surface area (Å²) < 4.78 is 33.0. The molecule has 0 radical (unpaired) electrons. The van der Waals surface area contributed by atoms with E-state index in [-0.39, 0.29) is 12.2 Å². The van der Waals surface area contributed by atoms with Crippen molar-refractivity contribution in [2.45, 2.75) is 31.1 Å². The van der Waals surface area contributed by atoms with Crippen LogP contribution in [0.3, 0.4) is 0 Å². The van der Waals surface area contributed by atoms with E-state index in [4.69, 9.17) is 10.5 Å². The van der Waals surface area contributed by atoms with Gasteiger partial charge in [-0.25, -0.2) is 23.7 Å². The van der Waals surface area contributed by atoms with Crippen LogP contribution < -0.4 is 5.73 Å². The van der Waals surface area contributed by atoms with Crippen LogP contribution in [0, 0.1) is 0 Å². The van der Waals surface area contributed by atoms with Crippen molar-refractivity contribution in [1.82, 2.24) is 19.5 Å². The van der Waals surface area contributed by atoms with Crippen LogP contribution in [-0.4, -0.2) is 43.3 Å². The third-order valence-electron chi connectivity index (χ3n) is 3.55. The van der Waals surface area contributed by atoms with Crippen molar-refractivity contribution >= 4 is 17.0 Å². The van der Waals surface area contributed by atoms with E-state index in [9.17, 15) is 13.9 Å². The molecule has 0 spiro atoms. The molecule has 0 amide bonds. The molecule has 0 saturated carbocycles. The highest BCUT2D eigenvalue weighted by molar-refractivity contribution is 5.81. The van der Waals surface area contributed by atoms with E-state index >= 15 is 0 Å². The number of halogens is 2. The molecule has 3 heterocycles. The number of alkyl halides is 2. The van der Waals surface area contributed by atoms with Crippen LogP contribution in [0.25, 0.3) is 11.2 Å². The minimum atomic E-state index is -2.76. The maximum atomic E-state index is 13.0. The zero-order chi connectivity index (χ0) is 14.3. The molecule has 2 atom stereocenters. The lowest BCUT2D eigenvalue weighted by Gasteiger charge is -2.26. The summed E-state index contributed by atoms with van der Waals surface area (Å²) in [6, 6.07) is 0. The second-order valence-corrected chi connectivity index (χ2v) is 4.72. The van der Waals surface area contributed by atoms with Gasteiger partial charge in [-0.05, 0) is 12.8 Å². The first-order chi connectivity index (χ1) is 9.57. The fourth-order valence-corrected chi connectivity index (χ4v) is 2.38. The van der Waals surface area contributed by atoms with Crippen molar-refractivity contribution in [1.29, 1.82) is 0 Å². The van der Waals surface area contributed by atoms with Gasteiger partial charge < -0.3 is 15.6 Å². The standard InChI is InChI=1S/C11H13F2N5O2/c12-10(13)11(3-19)2-1-6(20-11)18-5-17-7-8(14)15-4-16-9(7)18/h4-6,10,19H,1-3H2,(H2,14,15,16). The number of rotatable bonds is 3. The molecule has 2 aromatic rings. The summed E-state index contributed by atoms with van der Waals surface area (Å²) in [6.07, 6.45) is -0.314. The van der Waals surface area contributed by atoms with E-state index in [2.05, 4.69) is 15.0 Å². The molecule has 0 aliphatic carbocycles. The molecule has 2 aromatic heterocycles. The van der Waals surface area contributed by atoms with Crippen molar-refractivity contribution in [3.8, 4) is 0 Å². The zero-order valence-corrected chi connectivity index (χ0v) is 10.4. The summed E-state index contributed by atoms with van der Waals surface area (Å²) in [5.74, 6) is 0.217. The summed E-state index contributed by atoms with van der Waals surface area (Å²) >= 11 is 0. The number of aromatic nitrogens is 4. The lowest BCUT2D eigenvalue weighted by atomic mass is 10.0. The first-order valence-corrected chi connectivity index (χ1v) is 6.07.